The molecule has 0 amide bonds. The fraction of sp³-hybridized carbons (Fsp3) is 0.429. The lowest BCUT2D eigenvalue weighted by atomic mass is 10.2. The van der Waals surface area contributed by atoms with Crippen LogP contribution >= 0.6 is 0 Å². The highest BCUT2D eigenvalue weighted by Gasteiger charge is 2.32. The van der Waals surface area contributed by atoms with Crippen LogP contribution in [-0.4, -0.2) is 25.8 Å². The molecule has 1 aromatic carbocycles. The van der Waals surface area contributed by atoms with Crippen molar-refractivity contribution in [3.05, 3.63) is 23.8 Å². The molecule has 1 aliphatic carbocycles. The zero-order valence-electron chi connectivity index (χ0n) is 11.0. The van der Waals surface area contributed by atoms with Gasteiger partial charge >= 0.3 is 0 Å². The number of sulfonamides is 1. The third kappa shape index (κ3) is 3.09. The maximum atomic E-state index is 12.6. The first kappa shape index (κ1) is 13.9. The first-order valence-corrected chi connectivity index (χ1v) is 7.69. The molecule has 2 rings (SSSR count). The van der Waals surface area contributed by atoms with Crippen molar-refractivity contribution in [2.45, 2.75) is 24.7 Å². The fourth-order valence-electron chi connectivity index (χ4n) is 1.98. The van der Waals surface area contributed by atoms with Crippen molar-refractivity contribution >= 4 is 15.7 Å². The molecule has 0 unspecified atom stereocenters. The highest BCUT2D eigenvalue weighted by molar-refractivity contribution is 7.89. The smallest absolute Gasteiger partial charge is 0.246 e. The van der Waals surface area contributed by atoms with Crippen molar-refractivity contribution < 1.29 is 8.42 Å². The lowest BCUT2D eigenvalue weighted by molar-refractivity contribution is 0.430. The fourth-order valence-corrected chi connectivity index (χ4v) is 3.51. The Bertz CT molecular complexity index is 613. The van der Waals surface area contributed by atoms with Crippen molar-refractivity contribution in [1.82, 2.24) is 4.31 Å². The number of nitrogens with two attached hydrogens (primary N) is 1. The number of benzene rings is 1. The summed E-state index contributed by atoms with van der Waals surface area (Å²) < 4.78 is 26.5. The molecule has 102 valence electrons. The van der Waals surface area contributed by atoms with E-state index in [0.29, 0.717) is 12.5 Å². The molecule has 0 saturated heterocycles. The summed E-state index contributed by atoms with van der Waals surface area (Å²) in [6, 6.07) is 4.96. The summed E-state index contributed by atoms with van der Waals surface area (Å²) in [6.45, 7) is 2.45. The van der Waals surface area contributed by atoms with Crippen LogP contribution < -0.4 is 5.73 Å². The van der Waals surface area contributed by atoms with Gasteiger partial charge in [-0.15, -0.1) is 6.42 Å². The van der Waals surface area contributed by atoms with Crippen molar-refractivity contribution in [3.8, 4) is 12.3 Å². The highest BCUT2D eigenvalue weighted by atomic mass is 32.2. The lowest BCUT2D eigenvalue weighted by Crippen LogP contribution is -2.33. The van der Waals surface area contributed by atoms with Crippen molar-refractivity contribution in [3.63, 3.8) is 0 Å². The number of terminal acetylenes is 1. The molecule has 0 aromatic heterocycles. The van der Waals surface area contributed by atoms with Gasteiger partial charge in [-0.1, -0.05) is 12.0 Å². The molecular formula is C14H18N2O2S. The van der Waals surface area contributed by atoms with Crippen LogP contribution in [-0.2, 0) is 10.0 Å². The summed E-state index contributed by atoms with van der Waals surface area (Å²) in [5, 5.41) is 0. The molecule has 19 heavy (non-hydrogen) atoms. The Labute approximate surface area is 114 Å². The molecule has 0 spiro atoms. The average molecular weight is 278 g/mol. The molecule has 1 fully saturated rings. The molecule has 0 bridgehead atoms. The summed E-state index contributed by atoms with van der Waals surface area (Å²) in [4.78, 5) is 0.147. The molecule has 0 heterocycles. The Morgan fingerprint density at radius 1 is 1.47 bits per heavy atom. The van der Waals surface area contributed by atoms with Crippen LogP contribution in [0.25, 0.3) is 0 Å². The Hall–Kier alpha value is -1.51. The Kier molecular flexibility index (Phi) is 3.83. The second-order valence-electron chi connectivity index (χ2n) is 4.99. The molecule has 1 aliphatic rings. The minimum Gasteiger partial charge on any atom is -0.398 e. The van der Waals surface area contributed by atoms with Gasteiger partial charge in [0.15, 0.2) is 0 Å². The van der Waals surface area contributed by atoms with E-state index in [4.69, 9.17) is 12.2 Å². The molecule has 4 nitrogen and oxygen atoms in total. The Morgan fingerprint density at radius 2 is 2.16 bits per heavy atom. The number of hydrogen-bond donors (Lipinski definition) is 1. The summed E-state index contributed by atoms with van der Waals surface area (Å²) >= 11 is 0. The number of aryl methyl sites for hydroxylation is 1. The first-order valence-electron chi connectivity index (χ1n) is 6.25. The zero-order valence-corrected chi connectivity index (χ0v) is 11.8. The minimum atomic E-state index is -3.60. The van der Waals surface area contributed by atoms with Crippen molar-refractivity contribution in [2.24, 2.45) is 5.92 Å². The van der Waals surface area contributed by atoms with Gasteiger partial charge in [0.25, 0.3) is 0 Å². The van der Waals surface area contributed by atoms with Gasteiger partial charge in [0.05, 0.1) is 12.2 Å². The second kappa shape index (κ2) is 5.24. The van der Waals surface area contributed by atoms with Gasteiger partial charge in [-0.25, -0.2) is 8.42 Å². The predicted molar refractivity (Wildman–Crippen MR) is 75.9 cm³/mol. The van der Waals surface area contributed by atoms with Gasteiger partial charge in [-0.05, 0) is 43.4 Å². The van der Waals surface area contributed by atoms with Gasteiger partial charge < -0.3 is 5.73 Å². The van der Waals surface area contributed by atoms with Crippen LogP contribution in [0.4, 0.5) is 5.69 Å². The van der Waals surface area contributed by atoms with Crippen LogP contribution in [0.5, 0.6) is 0 Å². The third-order valence-electron chi connectivity index (χ3n) is 3.21. The van der Waals surface area contributed by atoms with E-state index in [2.05, 4.69) is 5.92 Å². The second-order valence-corrected chi connectivity index (χ2v) is 6.89. The molecule has 0 aliphatic heterocycles. The van der Waals surface area contributed by atoms with E-state index in [1.54, 1.807) is 18.2 Å². The molecule has 5 heteroatoms. The van der Waals surface area contributed by atoms with Gasteiger partial charge in [0, 0.05) is 6.54 Å². The van der Waals surface area contributed by atoms with Gasteiger partial charge in [0.2, 0.25) is 10.0 Å². The average Bonchev–Trinajstić information content (AvgIpc) is 3.11. The number of nitrogen functional groups attached to an aromatic ring is 1. The Balaban J connectivity index is 2.35. The van der Waals surface area contributed by atoms with E-state index in [-0.39, 0.29) is 17.1 Å². The van der Waals surface area contributed by atoms with E-state index in [0.717, 1.165) is 18.4 Å². The Morgan fingerprint density at radius 3 is 2.68 bits per heavy atom. The monoisotopic (exact) mass is 278 g/mol. The molecule has 0 radical (unpaired) electrons. The molecule has 0 atom stereocenters. The first-order chi connectivity index (χ1) is 8.95. The molecular weight excluding hydrogens is 260 g/mol. The maximum Gasteiger partial charge on any atom is 0.246 e. The van der Waals surface area contributed by atoms with E-state index >= 15 is 0 Å². The van der Waals surface area contributed by atoms with Gasteiger partial charge in [-0.3, -0.25) is 0 Å². The summed E-state index contributed by atoms with van der Waals surface area (Å²) in [7, 11) is -3.60. The van der Waals surface area contributed by atoms with E-state index in [9.17, 15) is 8.42 Å². The van der Waals surface area contributed by atoms with Crippen molar-refractivity contribution in [1.29, 1.82) is 0 Å². The SMILES string of the molecule is C#CCN(CC1CC1)S(=O)(=O)c1ccc(C)cc1N. The number of hydrogen-bond acceptors (Lipinski definition) is 3. The molecule has 1 saturated carbocycles. The number of rotatable bonds is 5. The quantitative estimate of drug-likeness (QED) is 0.657. The van der Waals surface area contributed by atoms with E-state index in [1.807, 2.05) is 6.92 Å². The highest BCUT2D eigenvalue weighted by Crippen LogP contribution is 2.32. The van der Waals surface area contributed by atoms with Gasteiger partial charge in [-0.2, -0.15) is 4.31 Å². The van der Waals surface area contributed by atoms with Crippen LogP contribution in [0.2, 0.25) is 0 Å². The number of anilines is 1. The van der Waals surface area contributed by atoms with Crippen LogP contribution in [0.1, 0.15) is 18.4 Å². The van der Waals surface area contributed by atoms with Crippen LogP contribution in [0.15, 0.2) is 23.1 Å². The van der Waals surface area contributed by atoms with Crippen LogP contribution in [0, 0.1) is 25.2 Å². The topological polar surface area (TPSA) is 63.4 Å². The molecule has 2 N–H and O–H groups in total. The van der Waals surface area contributed by atoms with E-state index in [1.165, 1.54) is 4.31 Å². The van der Waals surface area contributed by atoms with E-state index < -0.39 is 10.0 Å². The summed E-state index contributed by atoms with van der Waals surface area (Å²) in [5.41, 5.74) is 7.04. The summed E-state index contributed by atoms with van der Waals surface area (Å²) in [6.07, 6.45) is 7.41. The minimum absolute atomic E-state index is 0.0894. The standard InChI is InChI=1S/C14H18N2O2S/c1-3-8-16(10-12-5-6-12)19(17,18)14-7-4-11(2)9-13(14)15/h1,4,7,9,12H,5-6,8,10,15H2,2H3. The number of nitrogens with zero attached hydrogens (tertiary/aromatic N) is 1. The van der Waals surface area contributed by atoms with Crippen LogP contribution in [0.3, 0.4) is 0 Å². The third-order valence-corrected chi connectivity index (χ3v) is 5.10. The van der Waals surface area contributed by atoms with Crippen molar-refractivity contribution in [2.75, 3.05) is 18.8 Å². The maximum absolute atomic E-state index is 12.6. The normalized spacial score (nSPS) is 15.4. The predicted octanol–water partition coefficient (Wildman–Crippen LogP) is 1.61. The largest absolute Gasteiger partial charge is 0.398 e. The lowest BCUT2D eigenvalue weighted by Gasteiger charge is -2.20. The zero-order chi connectivity index (χ0) is 14.0. The summed E-state index contributed by atoms with van der Waals surface area (Å²) in [5.74, 6) is 2.85. The van der Waals surface area contributed by atoms with Gasteiger partial charge in [0.1, 0.15) is 4.90 Å². The molecule has 1 aromatic rings.